The van der Waals surface area contributed by atoms with Gasteiger partial charge in [-0.05, 0) is 12.8 Å². The third-order valence-electron chi connectivity index (χ3n) is 12.0. The second-order valence-corrected chi connectivity index (χ2v) is 18.5. The van der Waals surface area contributed by atoms with Crippen LogP contribution in [0.5, 0.6) is 0 Å². The molecule has 0 fully saturated rings. The van der Waals surface area contributed by atoms with E-state index in [1.807, 2.05) is 0 Å². The summed E-state index contributed by atoms with van der Waals surface area (Å²) >= 11 is 0. The predicted molar refractivity (Wildman–Crippen MR) is 286 cm³/mol. The molecule has 13 heteroatoms. The fraction of sp³-hybridized carbons (Fsp3) is 1.00. The minimum absolute atomic E-state index is 0.518. The van der Waals surface area contributed by atoms with Gasteiger partial charge < -0.3 is 61.6 Å². The molecule has 70 heavy (non-hydrogen) atoms. The Morgan fingerprint density at radius 3 is 0.343 bits per heavy atom. The maximum atomic E-state index is 5.71. The van der Waals surface area contributed by atoms with Crippen LogP contribution >= 0.6 is 0 Å². The first-order valence-electron chi connectivity index (χ1n) is 29.4. The van der Waals surface area contributed by atoms with Gasteiger partial charge in [0, 0.05) is 13.2 Å². The van der Waals surface area contributed by atoms with E-state index >= 15 is 0 Å². The average molecular weight is 1010 g/mol. The van der Waals surface area contributed by atoms with Crippen molar-refractivity contribution in [1.29, 1.82) is 0 Å². The lowest BCUT2D eigenvalue weighted by Gasteiger charge is -2.09. The van der Waals surface area contributed by atoms with Crippen LogP contribution in [0, 0.1) is 0 Å². The Morgan fingerprint density at radius 1 is 0.114 bits per heavy atom. The van der Waals surface area contributed by atoms with Gasteiger partial charge in [0.25, 0.3) is 0 Å². The molecule has 0 amide bonds. The molecule has 0 atom stereocenters. The van der Waals surface area contributed by atoms with E-state index < -0.39 is 0 Å². The van der Waals surface area contributed by atoms with Crippen LogP contribution in [0.2, 0.25) is 0 Å². The average Bonchev–Trinajstić information content (AvgIpc) is 3.37. The lowest BCUT2D eigenvalue weighted by molar-refractivity contribution is -0.0290. The largest absolute Gasteiger partial charge is 0.379 e. The lowest BCUT2D eigenvalue weighted by atomic mass is 10.0. The summed E-state index contributed by atoms with van der Waals surface area (Å²) in [4.78, 5) is 0. The second kappa shape index (κ2) is 68.5. The van der Waals surface area contributed by atoms with E-state index in [9.17, 15) is 0 Å². The Bertz CT molecular complexity index is 808. The number of hydrogen-bond acceptors (Lipinski definition) is 13. The van der Waals surface area contributed by atoms with E-state index in [2.05, 4.69) is 13.8 Å². The molecular weight excluding hydrogens is 893 g/mol. The molecule has 0 saturated carbocycles. The van der Waals surface area contributed by atoms with Crippen LogP contribution in [0.3, 0.4) is 0 Å². The summed E-state index contributed by atoms with van der Waals surface area (Å²) in [5.74, 6) is 0. The molecule has 0 aliphatic rings. The van der Waals surface area contributed by atoms with E-state index in [0.29, 0.717) is 159 Å². The first-order chi connectivity index (χ1) is 34.9. The third kappa shape index (κ3) is 67.5. The van der Waals surface area contributed by atoms with Gasteiger partial charge in [-0.3, -0.25) is 0 Å². The molecule has 0 bridgehead atoms. The van der Waals surface area contributed by atoms with E-state index in [1.165, 1.54) is 173 Å². The van der Waals surface area contributed by atoms with Gasteiger partial charge in [0.15, 0.2) is 0 Å². The number of unbranched alkanes of at least 4 members (excludes halogenated alkanes) is 27. The van der Waals surface area contributed by atoms with Crippen molar-refractivity contribution in [2.24, 2.45) is 0 Å². The predicted octanol–water partition coefficient (Wildman–Crippen LogP) is 12.6. The highest BCUT2D eigenvalue weighted by atomic mass is 16.6. The van der Waals surface area contributed by atoms with E-state index in [4.69, 9.17) is 61.6 Å². The van der Waals surface area contributed by atoms with Gasteiger partial charge in [0.1, 0.15) is 0 Å². The molecule has 13 nitrogen and oxygen atoms in total. The standard InChI is InChI=1S/C57H116O13/c1-3-5-7-9-11-13-15-17-18-19-21-23-25-27-29-31-33-59-35-37-61-39-41-63-43-45-65-47-49-67-51-53-69-55-57-70-56-54-68-52-50-66-48-46-64-44-42-62-40-38-60-36-34-58-32-30-28-26-24-22-20-16-14-12-10-8-6-4-2/h3-57H2,1-2H3. The summed E-state index contributed by atoms with van der Waals surface area (Å²) in [5.41, 5.74) is 0. The van der Waals surface area contributed by atoms with Gasteiger partial charge in [-0.15, -0.1) is 0 Å². The van der Waals surface area contributed by atoms with Gasteiger partial charge in [0.05, 0.1) is 159 Å². The Morgan fingerprint density at radius 2 is 0.214 bits per heavy atom. The lowest BCUT2D eigenvalue weighted by Crippen LogP contribution is -2.15. The van der Waals surface area contributed by atoms with Gasteiger partial charge in [-0.25, -0.2) is 0 Å². The molecule has 0 saturated heterocycles. The topological polar surface area (TPSA) is 120 Å². The molecule has 0 spiro atoms. The summed E-state index contributed by atoms with van der Waals surface area (Å²) in [7, 11) is 0. The summed E-state index contributed by atoms with van der Waals surface area (Å²) in [6.07, 6.45) is 40.0. The first-order valence-corrected chi connectivity index (χ1v) is 29.4. The molecule has 0 aliphatic heterocycles. The van der Waals surface area contributed by atoms with Gasteiger partial charge >= 0.3 is 0 Å². The molecule has 0 N–H and O–H groups in total. The molecular formula is C57H116O13. The highest BCUT2D eigenvalue weighted by Crippen LogP contribution is 2.15. The van der Waals surface area contributed by atoms with Crippen LogP contribution in [-0.4, -0.2) is 172 Å². The van der Waals surface area contributed by atoms with Crippen molar-refractivity contribution in [2.75, 3.05) is 172 Å². The quantitative estimate of drug-likeness (QED) is 0.0538. The van der Waals surface area contributed by atoms with E-state index in [1.54, 1.807) is 0 Å². The van der Waals surface area contributed by atoms with E-state index in [0.717, 1.165) is 26.1 Å². The van der Waals surface area contributed by atoms with Crippen molar-refractivity contribution < 1.29 is 61.6 Å². The fourth-order valence-electron chi connectivity index (χ4n) is 7.72. The number of rotatable bonds is 67. The monoisotopic (exact) mass is 1010 g/mol. The highest BCUT2D eigenvalue weighted by molar-refractivity contribution is 4.52. The molecule has 0 aromatic rings. The maximum Gasteiger partial charge on any atom is 0.0701 e. The van der Waals surface area contributed by atoms with Crippen LogP contribution in [0.15, 0.2) is 0 Å². The zero-order valence-electron chi connectivity index (χ0n) is 46.2. The van der Waals surface area contributed by atoms with Gasteiger partial charge in [-0.2, -0.15) is 0 Å². The number of ether oxygens (including phenoxy) is 13. The van der Waals surface area contributed by atoms with Gasteiger partial charge in [0.2, 0.25) is 0 Å². The van der Waals surface area contributed by atoms with Crippen molar-refractivity contribution in [3.05, 3.63) is 0 Å². The van der Waals surface area contributed by atoms with Crippen molar-refractivity contribution in [2.45, 2.75) is 200 Å². The minimum Gasteiger partial charge on any atom is -0.379 e. The van der Waals surface area contributed by atoms with Crippen LogP contribution < -0.4 is 0 Å². The Balaban J connectivity index is 3.07. The van der Waals surface area contributed by atoms with Gasteiger partial charge in [-0.1, -0.05) is 187 Å². The van der Waals surface area contributed by atoms with Crippen LogP contribution in [0.25, 0.3) is 0 Å². The number of hydrogen-bond donors (Lipinski definition) is 0. The normalized spacial score (nSPS) is 11.7. The maximum absolute atomic E-state index is 5.71. The zero-order valence-corrected chi connectivity index (χ0v) is 46.2. The van der Waals surface area contributed by atoms with Crippen LogP contribution in [0.4, 0.5) is 0 Å². The zero-order chi connectivity index (χ0) is 50.1. The molecule has 0 aromatic carbocycles. The van der Waals surface area contributed by atoms with Crippen molar-refractivity contribution in [3.63, 3.8) is 0 Å². The van der Waals surface area contributed by atoms with Crippen LogP contribution in [0.1, 0.15) is 200 Å². The molecule has 0 aromatic heterocycles. The highest BCUT2D eigenvalue weighted by Gasteiger charge is 2.00. The molecule has 422 valence electrons. The second-order valence-electron chi connectivity index (χ2n) is 18.5. The Kier molecular flexibility index (Phi) is 68.0. The van der Waals surface area contributed by atoms with Crippen molar-refractivity contribution >= 4 is 0 Å². The van der Waals surface area contributed by atoms with Crippen molar-refractivity contribution in [3.8, 4) is 0 Å². The Hall–Kier alpha value is -0.520. The summed E-state index contributed by atoms with van der Waals surface area (Å²) in [5, 5.41) is 0. The third-order valence-corrected chi connectivity index (χ3v) is 12.0. The molecule has 0 radical (unpaired) electrons. The molecule has 0 unspecified atom stereocenters. The molecule has 0 heterocycles. The molecule has 0 rings (SSSR count). The SMILES string of the molecule is CCCCCCCCCCCCCCCCCCOCCOCCOCCOCCOCCOCCOCCOCCOCCOCCOCCOCCOCCCCCCCCCCCCCCC. The summed E-state index contributed by atoms with van der Waals surface area (Å²) in [6.45, 7) is 19.5. The molecule has 0 aliphatic carbocycles. The first kappa shape index (κ1) is 69.5. The smallest absolute Gasteiger partial charge is 0.0701 e. The van der Waals surface area contributed by atoms with Crippen LogP contribution in [-0.2, 0) is 61.6 Å². The summed E-state index contributed by atoms with van der Waals surface area (Å²) < 4.78 is 72.6. The van der Waals surface area contributed by atoms with E-state index in [-0.39, 0.29) is 0 Å². The Labute approximate surface area is 432 Å². The fourth-order valence-corrected chi connectivity index (χ4v) is 7.72. The summed E-state index contributed by atoms with van der Waals surface area (Å²) in [6, 6.07) is 0. The minimum atomic E-state index is 0.518. The van der Waals surface area contributed by atoms with Crippen molar-refractivity contribution in [1.82, 2.24) is 0 Å².